The van der Waals surface area contributed by atoms with Gasteiger partial charge < -0.3 is 0 Å². The van der Waals surface area contributed by atoms with E-state index < -0.39 is 0 Å². The van der Waals surface area contributed by atoms with Crippen LogP contribution in [0.5, 0.6) is 0 Å². The zero-order valence-electron chi connectivity index (χ0n) is 17.7. The molecule has 26 heavy (non-hydrogen) atoms. The molecule has 2 aliphatic carbocycles. The fraction of sp³-hybridized carbons (Fsp3) is 0.769. The van der Waals surface area contributed by atoms with Crippen molar-refractivity contribution in [2.24, 2.45) is 23.7 Å². The molecule has 0 heterocycles. The largest absolute Gasteiger partial charge is 0.0654 e. The molecule has 2 aliphatic rings. The predicted molar refractivity (Wildman–Crippen MR) is 115 cm³/mol. The molecule has 1 aromatic rings. The number of hydrogen-bond donors (Lipinski definition) is 0. The lowest BCUT2D eigenvalue weighted by atomic mass is 9.68. The van der Waals surface area contributed by atoms with E-state index in [0.717, 1.165) is 29.6 Å². The summed E-state index contributed by atoms with van der Waals surface area (Å²) in [6.45, 7) is 7.02. The second kappa shape index (κ2) is 9.95. The summed E-state index contributed by atoms with van der Waals surface area (Å²) < 4.78 is 0. The average molecular weight is 355 g/mol. The molecule has 2 fully saturated rings. The molecule has 1 unspecified atom stereocenters. The highest BCUT2D eigenvalue weighted by Crippen LogP contribution is 2.44. The van der Waals surface area contributed by atoms with Gasteiger partial charge >= 0.3 is 0 Å². The van der Waals surface area contributed by atoms with Gasteiger partial charge in [0, 0.05) is 0 Å². The van der Waals surface area contributed by atoms with E-state index in [1.165, 1.54) is 82.6 Å². The summed E-state index contributed by atoms with van der Waals surface area (Å²) in [6, 6.07) is 9.70. The van der Waals surface area contributed by atoms with Crippen LogP contribution < -0.4 is 0 Å². The topological polar surface area (TPSA) is 0 Å². The van der Waals surface area contributed by atoms with Gasteiger partial charge in [0.2, 0.25) is 0 Å². The first kappa shape index (κ1) is 20.0. The first-order valence-electron chi connectivity index (χ1n) is 11.8. The van der Waals surface area contributed by atoms with E-state index in [1.54, 1.807) is 5.56 Å². The molecule has 3 rings (SSSR count). The third-order valence-corrected chi connectivity index (χ3v) is 7.76. The van der Waals surface area contributed by atoms with Gasteiger partial charge in [0.1, 0.15) is 0 Å². The maximum Gasteiger partial charge on any atom is -0.0162 e. The van der Waals surface area contributed by atoms with Crippen LogP contribution in [0.15, 0.2) is 24.3 Å². The van der Waals surface area contributed by atoms with Gasteiger partial charge in [-0.15, -0.1) is 0 Å². The first-order valence-corrected chi connectivity index (χ1v) is 11.8. The maximum atomic E-state index is 2.44. The monoisotopic (exact) mass is 354 g/mol. The third-order valence-electron chi connectivity index (χ3n) is 7.76. The summed E-state index contributed by atoms with van der Waals surface area (Å²) in [5, 5.41) is 0. The molecule has 0 nitrogen and oxygen atoms in total. The fourth-order valence-electron chi connectivity index (χ4n) is 5.75. The predicted octanol–water partition coefficient (Wildman–Crippen LogP) is 8.16. The molecule has 0 amide bonds. The summed E-state index contributed by atoms with van der Waals surface area (Å²) in [5.74, 6) is 4.80. The van der Waals surface area contributed by atoms with Crippen molar-refractivity contribution < 1.29 is 0 Å². The highest BCUT2D eigenvalue weighted by molar-refractivity contribution is 5.26. The average Bonchev–Trinajstić information content (AvgIpc) is 2.69. The Hall–Kier alpha value is -0.780. The number of hydrogen-bond acceptors (Lipinski definition) is 0. The standard InChI is InChI=1S/C26H42/c1-4-6-21-7-11-23(12-8-21)25-15-17-26(18-16-25)24-13-9-22(10-14-24)19-20(3)5-2/h9-10,13-14,20-21,23,25-26H,4-8,11-12,15-19H2,1-3H3. The van der Waals surface area contributed by atoms with E-state index in [1.807, 2.05) is 0 Å². The minimum atomic E-state index is 0.809. The zero-order chi connectivity index (χ0) is 18.4. The molecule has 2 saturated carbocycles. The lowest BCUT2D eigenvalue weighted by molar-refractivity contribution is 0.156. The molecule has 0 aliphatic heterocycles. The summed E-state index contributed by atoms with van der Waals surface area (Å²) in [6.07, 6.45) is 17.3. The van der Waals surface area contributed by atoms with Crippen molar-refractivity contribution in [3.63, 3.8) is 0 Å². The van der Waals surface area contributed by atoms with Crippen molar-refractivity contribution in [1.29, 1.82) is 0 Å². The minimum absolute atomic E-state index is 0.809. The van der Waals surface area contributed by atoms with Gasteiger partial charge in [-0.3, -0.25) is 0 Å². The minimum Gasteiger partial charge on any atom is -0.0654 e. The lowest BCUT2D eigenvalue weighted by Crippen LogP contribution is -2.25. The van der Waals surface area contributed by atoms with Crippen LogP contribution in [0.4, 0.5) is 0 Å². The van der Waals surface area contributed by atoms with Crippen LogP contribution in [0, 0.1) is 23.7 Å². The Labute approximate surface area is 163 Å². The first-order chi connectivity index (χ1) is 12.7. The molecular weight excluding hydrogens is 312 g/mol. The normalized spacial score (nSPS) is 30.9. The van der Waals surface area contributed by atoms with E-state index >= 15 is 0 Å². The van der Waals surface area contributed by atoms with Crippen LogP contribution in [-0.2, 0) is 6.42 Å². The Bertz CT molecular complexity index is 497. The lowest BCUT2D eigenvalue weighted by Gasteiger charge is -2.38. The quantitative estimate of drug-likeness (QED) is 0.463. The van der Waals surface area contributed by atoms with Crippen molar-refractivity contribution >= 4 is 0 Å². The second-order valence-electron chi connectivity index (χ2n) is 9.64. The van der Waals surface area contributed by atoms with Gasteiger partial charge in [0.25, 0.3) is 0 Å². The van der Waals surface area contributed by atoms with Crippen molar-refractivity contribution in [3.8, 4) is 0 Å². The van der Waals surface area contributed by atoms with Crippen LogP contribution in [0.25, 0.3) is 0 Å². The molecule has 0 aromatic heterocycles. The molecule has 1 atom stereocenters. The van der Waals surface area contributed by atoms with Gasteiger partial charge in [0.05, 0.1) is 0 Å². The molecule has 0 radical (unpaired) electrons. The molecule has 0 saturated heterocycles. The van der Waals surface area contributed by atoms with Crippen LogP contribution in [0.3, 0.4) is 0 Å². The second-order valence-corrected chi connectivity index (χ2v) is 9.64. The van der Waals surface area contributed by atoms with E-state index in [4.69, 9.17) is 0 Å². The smallest absolute Gasteiger partial charge is 0.0162 e. The van der Waals surface area contributed by atoms with Crippen molar-refractivity contribution in [2.45, 2.75) is 104 Å². The Morgan fingerprint density at radius 3 is 1.92 bits per heavy atom. The van der Waals surface area contributed by atoms with E-state index in [0.29, 0.717) is 0 Å². The van der Waals surface area contributed by atoms with Crippen LogP contribution in [0.1, 0.15) is 108 Å². The van der Waals surface area contributed by atoms with Gasteiger partial charge in [-0.25, -0.2) is 0 Å². The van der Waals surface area contributed by atoms with Gasteiger partial charge in [-0.05, 0) is 85.7 Å². The zero-order valence-corrected chi connectivity index (χ0v) is 17.7. The van der Waals surface area contributed by atoms with E-state index in [-0.39, 0.29) is 0 Å². The van der Waals surface area contributed by atoms with Crippen LogP contribution >= 0.6 is 0 Å². The summed E-state index contributed by atoms with van der Waals surface area (Å²) >= 11 is 0. The van der Waals surface area contributed by atoms with E-state index in [9.17, 15) is 0 Å². The molecule has 0 heteroatoms. The Morgan fingerprint density at radius 2 is 1.38 bits per heavy atom. The number of rotatable bonds is 7. The molecule has 146 valence electrons. The molecule has 0 spiro atoms. The Kier molecular flexibility index (Phi) is 7.64. The third kappa shape index (κ3) is 5.37. The van der Waals surface area contributed by atoms with Gasteiger partial charge in [-0.1, -0.05) is 77.1 Å². The molecule has 1 aromatic carbocycles. The number of benzene rings is 1. The summed E-state index contributed by atoms with van der Waals surface area (Å²) in [4.78, 5) is 0. The van der Waals surface area contributed by atoms with Crippen LogP contribution in [0.2, 0.25) is 0 Å². The van der Waals surface area contributed by atoms with Gasteiger partial charge in [0.15, 0.2) is 0 Å². The Morgan fingerprint density at radius 1 is 0.808 bits per heavy atom. The van der Waals surface area contributed by atoms with E-state index in [2.05, 4.69) is 45.0 Å². The highest BCUT2D eigenvalue weighted by atomic mass is 14.4. The van der Waals surface area contributed by atoms with Crippen molar-refractivity contribution in [2.75, 3.05) is 0 Å². The van der Waals surface area contributed by atoms with Gasteiger partial charge in [-0.2, -0.15) is 0 Å². The summed E-state index contributed by atoms with van der Waals surface area (Å²) in [5.41, 5.74) is 3.14. The fourth-order valence-corrected chi connectivity index (χ4v) is 5.75. The van der Waals surface area contributed by atoms with Crippen molar-refractivity contribution in [3.05, 3.63) is 35.4 Å². The highest BCUT2D eigenvalue weighted by Gasteiger charge is 2.31. The van der Waals surface area contributed by atoms with Crippen LogP contribution in [-0.4, -0.2) is 0 Å². The molecule has 0 N–H and O–H groups in total. The summed E-state index contributed by atoms with van der Waals surface area (Å²) in [7, 11) is 0. The maximum absolute atomic E-state index is 2.44. The SMILES string of the molecule is CCCC1CCC(C2CCC(c3ccc(CC(C)CC)cc3)CC2)CC1. The molecular formula is C26H42. The molecule has 0 bridgehead atoms. The van der Waals surface area contributed by atoms with Crippen molar-refractivity contribution in [1.82, 2.24) is 0 Å². The Balaban J connectivity index is 1.45.